The molecule has 0 aromatic heterocycles. The number of nitrogens with one attached hydrogen (secondary N) is 2. The predicted octanol–water partition coefficient (Wildman–Crippen LogP) is 4.14. The van der Waals surface area contributed by atoms with E-state index in [0.717, 1.165) is 61.1 Å². The van der Waals surface area contributed by atoms with E-state index in [-0.39, 0.29) is 29.9 Å². The van der Waals surface area contributed by atoms with E-state index in [9.17, 15) is 4.79 Å². The first kappa shape index (κ1) is 26.8. The van der Waals surface area contributed by atoms with Crippen LogP contribution in [0.5, 0.6) is 11.5 Å². The molecular weight excluding hydrogens is 531 g/mol. The Morgan fingerprint density at radius 2 is 1.85 bits per heavy atom. The zero-order valence-electron chi connectivity index (χ0n) is 19.7. The van der Waals surface area contributed by atoms with Crippen LogP contribution >= 0.6 is 24.0 Å². The van der Waals surface area contributed by atoms with E-state index in [0.29, 0.717) is 19.6 Å². The number of aryl methyl sites for hydroxylation is 1. The van der Waals surface area contributed by atoms with E-state index in [1.807, 2.05) is 30.0 Å². The summed E-state index contributed by atoms with van der Waals surface area (Å²) in [5.74, 6) is 2.54. The van der Waals surface area contributed by atoms with Gasteiger partial charge < -0.3 is 25.0 Å². The number of guanidine groups is 1. The van der Waals surface area contributed by atoms with Crippen molar-refractivity contribution in [3.63, 3.8) is 0 Å². The number of ether oxygens (including phenoxy) is 2. The summed E-state index contributed by atoms with van der Waals surface area (Å²) in [6.07, 6.45) is 3.50. The Balaban J connectivity index is 0.00000385. The Morgan fingerprint density at radius 1 is 1.09 bits per heavy atom. The first-order valence-electron chi connectivity index (χ1n) is 11.3. The number of nitrogens with zero attached hydrogens (tertiary/aromatic N) is 2. The number of amides is 1. The third-order valence-electron chi connectivity index (χ3n) is 5.47. The van der Waals surface area contributed by atoms with Gasteiger partial charge in [0.05, 0.1) is 13.7 Å². The lowest BCUT2D eigenvalue weighted by Crippen LogP contribution is -2.37. The van der Waals surface area contributed by atoms with Crippen LogP contribution in [0, 0.1) is 0 Å². The number of benzene rings is 2. The second-order valence-electron chi connectivity index (χ2n) is 7.69. The summed E-state index contributed by atoms with van der Waals surface area (Å²) in [5, 5.41) is 6.71. The van der Waals surface area contributed by atoms with Gasteiger partial charge in [0.1, 0.15) is 0 Å². The molecule has 0 bridgehead atoms. The van der Waals surface area contributed by atoms with Crippen molar-refractivity contribution in [3.8, 4) is 11.5 Å². The molecule has 8 heteroatoms. The van der Waals surface area contributed by atoms with Crippen molar-refractivity contribution in [3.05, 3.63) is 53.6 Å². The number of hydrogen-bond donors (Lipinski definition) is 2. The smallest absolute Gasteiger partial charge is 0.227 e. The summed E-state index contributed by atoms with van der Waals surface area (Å²) in [5.41, 5.74) is 3.34. The zero-order valence-corrected chi connectivity index (χ0v) is 22.1. The normalized spacial score (nSPS) is 13.5. The number of carbonyl (C=O) groups is 1. The van der Waals surface area contributed by atoms with Gasteiger partial charge in [-0.05, 0) is 61.6 Å². The number of methoxy groups -OCH3 is 1. The van der Waals surface area contributed by atoms with Gasteiger partial charge in [0.25, 0.3) is 0 Å². The van der Waals surface area contributed by atoms with Gasteiger partial charge in [-0.3, -0.25) is 9.79 Å². The topological polar surface area (TPSA) is 75.2 Å². The summed E-state index contributed by atoms with van der Waals surface area (Å²) >= 11 is 0. The highest BCUT2D eigenvalue weighted by Gasteiger charge is 2.21. The summed E-state index contributed by atoms with van der Waals surface area (Å²) in [6.45, 7) is 4.88. The molecule has 1 aliphatic heterocycles. The van der Waals surface area contributed by atoms with Crippen molar-refractivity contribution in [2.45, 2.75) is 39.2 Å². The molecule has 0 spiro atoms. The van der Waals surface area contributed by atoms with Gasteiger partial charge >= 0.3 is 0 Å². The molecule has 1 amide bonds. The van der Waals surface area contributed by atoms with E-state index in [2.05, 4.69) is 39.9 Å². The number of aliphatic imine (C=N–C) groups is 1. The number of carbonyl (C=O) groups excluding carboxylic acids is 1. The molecule has 3 rings (SSSR count). The fourth-order valence-electron chi connectivity index (χ4n) is 3.77. The molecule has 0 atom stereocenters. The summed E-state index contributed by atoms with van der Waals surface area (Å²) in [7, 11) is 3.43. The Bertz CT molecular complexity index is 918. The Morgan fingerprint density at radius 3 is 2.48 bits per heavy atom. The second kappa shape index (κ2) is 13.9. The molecule has 0 unspecified atom stereocenters. The summed E-state index contributed by atoms with van der Waals surface area (Å²) < 4.78 is 11.0. The van der Waals surface area contributed by atoms with Crippen molar-refractivity contribution < 1.29 is 14.3 Å². The van der Waals surface area contributed by atoms with Gasteiger partial charge in [0.15, 0.2) is 17.5 Å². The van der Waals surface area contributed by atoms with Gasteiger partial charge in [-0.15, -0.1) is 24.0 Å². The van der Waals surface area contributed by atoms with E-state index >= 15 is 0 Å². The lowest BCUT2D eigenvalue weighted by Gasteiger charge is -2.16. The van der Waals surface area contributed by atoms with Crippen molar-refractivity contribution in [2.75, 3.05) is 38.8 Å². The number of anilines is 1. The van der Waals surface area contributed by atoms with Crippen molar-refractivity contribution >= 4 is 41.5 Å². The molecule has 0 radical (unpaired) electrons. The van der Waals surface area contributed by atoms with Crippen LogP contribution in [0.4, 0.5) is 5.69 Å². The molecule has 33 heavy (non-hydrogen) atoms. The Kier molecular flexibility index (Phi) is 11.3. The number of rotatable bonds is 10. The van der Waals surface area contributed by atoms with Crippen LogP contribution < -0.4 is 25.0 Å². The van der Waals surface area contributed by atoms with Gasteiger partial charge in [-0.2, -0.15) is 0 Å². The molecule has 180 valence electrons. The van der Waals surface area contributed by atoms with Gasteiger partial charge in [0.2, 0.25) is 5.91 Å². The SMILES string of the molecule is CCOc1cc(CCCNC(=NC)NCc2ccc(N3CCCC3=O)cc2)ccc1OC.I. The third kappa shape index (κ3) is 7.80. The maximum absolute atomic E-state index is 11.9. The molecule has 7 nitrogen and oxygen atoms in total. The van der Waals surface area contributed by atoms with Crippen molar-refractivity contribution in [2.24, 2.45) is 4.99 Å². The van der Waals surface area contributed by atoms with Crippen LogP contribution in [-0.2, 0) is 17.8 Å². The summed E-state index contributed by atoms with van der Waals surface area (Å²) in [6, 6.07) is 14.2. The molecule has 1 aliphatic rings. The van der Waals surface area contributed by atoms with Gasteiger partial charge in [-0.1, -0.05) is 18.2 Å². The highest BCUT2D eigenvalue weighted by Crippen LogP contribution is 2.28. The minimum absolute atomic E-state index is 0. The Labute approximate surface area is 214 Å². The lowest BCUT2D eigenvalue weighted by molar-refractivity contribution is -0.117. The fourth-order valence-corrected chi connectivity index (χ4v) is 3.77. The maximum atomic E-state index is 11.9. The summed E-state index contributed by atoms with van der Waals surface area (Å²) in [4.78, 5) is 18.0. The lowest BCUT2D eigenvalue weighted by atomic mass is 10.1. The molecule has 2 aromatic rings. The zero-order chi connectivity index (χ0) is 22.8. The van der Waals surface area contributed by atoms with Crippen LogP contribution in [0.1, 0.15) is 37.3 Å². The minimum atomic E-state index is 0. The molecule has 1 heterocycles. The predicted molar refractivity (Wildman–Crippen MR) is 144 cm³/mol. The van der Waals surface area contributed by atoms with E-state index in [4.69, 9.17) is 9.47 Å². The standard InChI is InChI=1S/C25H34N4O3.HI/c1-4-32-23-17-19(11-14-22(23)31-3)7-5-15-27-25(26-2)28-18-20-9-12-21(13-10-20)29-16-6-8-24(29)30;/h9-14,17H,4-8,15-16,18H2,1-3H3,(H2,26,27,28);1H. The number of hydrogen-bond acceptors (Lipinski definition) is 4. The fraction of sp³-hybridized carbons (Fsp3) is 0.440. The van der Waals surface area contributed by atoms with Crippen LogP contribution in [0.2, 0.25) is 0 Å². The monoisotopic (exact) mass is 566 g/mol. The van der Waals surface area contributed by atoms with Crippen molar-refractivity contribution in [1.29, 1.82) is 0 Å². The minimum Gasteiger partial charge on any atom is -0.493 e. The first-order chi connectivity index (χ1) is 15.6. The quantitative estimate of drug-likeness (QED) is 0.196. The van der Waals surface area contributed by atoms with Crippen LogP contribution in [0.25, 0.3) is 0 Å². The van der Waals surface area contributed by atoms with Crippen LogP contribution in [-0.4, -0.2) is 45.7 Å². The average Bonchev–Trinajstić information content (AvgIpc) is 3.25. The second-order valence-corrected chi connectivity index (χ2v) is 7.69. The van der Waals surface area contributed by atoms with E-state index in [1.165, 1.54) is 5.56 Å². The molecule has 2 N–H and O–H groups in total. The van der Waals surface area contributed by atoms with E-state index < -0.39 is 0 Å². The van der Waals surface area contributed by atoms with Crippen molar-refractivity contribution in [1.82, 2.24) is 10.6 Å². The first-order valence-corrected chi connectivity index (χ1v) is 11.3. The highest BCUT2D eigenvalue weighted by atomic mass is 127. The molecule has 0 aliphatic carbocycles. The van der Waals surface area contributed by atoms with E-state index in [1.54, 1.807) is 14.2 Å². The maximum Gasteiger partial charge on any atom is 0.227 e. The third-order valence-corrected chi connectivity index (χ3v) is 5.47. The molecule has 1 saturated heterocycles. The number of halogens is 1. The molecule has 1 fully saturated rings. The molecular formula is C25H35IN4O3. The van der Waals surface area contributed by atoms with Gasteiger partial charge in [-0.25, -0.2) is 0 Å². The molecule has 2 aromatic carbocycles. The van der Waals surface area contributed by atoms with Crippen LogP contribution in [0.15, 0.2) is 47.5 Å². The Hall–Kier alpha value is -2.49. The van der Waals surface area contributed by atoms with Crippen LogP contribution in [0.3, 0.4) is 0 Å². The highest BCUT2D eigenvalue weighted by molar-refractivity contribution is 14.0. The molecule has 0 saturated carbocycles. The van der Waals surface area contributed by atoms with Gasteiger partial charge in [0, 0.05) is 38.8 Å². The average molecular weight is 566 g/mol. The largest absolute Gasteiger partial charge is 0.493 e.